The summed E-state index contributed by atoms with van der Waals surface area (Å²) < 4.78 is 0. The van der Waals surface area contributed by atoms with E-state index in [2.05, 4.69) is 31.2 Å². The summed E-state index contributed by atoms with van der Waals surface area (Å²) in [7, 11) is 4.30. The molecule has 0 aromatic rings. The molecule has 15 heavy (non-hydrogen) atoms. The summed E-state index contributed by atoms with van der Waals surface area (Å²) >= 11 is 0. The Labute approximate surface area is 95.4 Å². The van der Waals surface area contributed by atoms with Crippen molar-refractivity contribution in [1.29, 1.82) is 0 Å². The maximum Gasteiger partial charge on any atom is 0.00952 e. The van der Waals surface area contributed by atoms with Gasteiger partial charge in [-0.2, -0.15) is 0 Å². The van der Waals surface area contributed by atoms with E-state index in [-0.39, 0.29) is 0 Å². The van der Waals surface area contributed by atoms with Gasteiger partial charge in [0.1, 0.15) is 0 Å². The van der Waals surface area contributed by atoms with Crippen molar-refractivity contribution in [3.8, 4) is 0 Å². The van der Waals surface area contributed by atoms with Gasteiger partial charge in [-0.15, -0.1) is 0 Å². The smallest absolute Gasteiger partial charge is 0.00952 e. The summed E-state index contributed by atoms with van der Waals surface area (Å²) in [6.07, 6.45) is 8.30. The lowest BCUT2D eigenvalue weighted by molar-refractivity contribution is 0.366. The molecule has 2 atom stereocenters. The SMILES string of the molecule is CCC1CCCC1NCCCCN(C)C. The number of nitrogens with zero attached hydrogens (tertiary/aromatic N) is 1. The molecule has 0 radical (unpaired) electrons. The fourth-order valence-corrected chi connectivity index (χ4v) is 2.63. The number of rotatable bonds is 7. The molecule has 0 saturated heterocycles. The third-order valence-corrected chi connectivity index (χ3v) is 3.62. The van der Waals surface area contributed by atoms with Crippen molar-refractivity contribution >= 4 is 0 Å². The molecule has 0 amide bonds. The van der Waals surface area contributed by atoms with Gasteiger partial charge in [0.05, 0.1) is 0 Å². The van der Waals surface area contributed by atoms with Gasteiger partial charge in [0.25, 0.3) is 0 Å². The molecular weight excluding hydrogens is 184 g/mol. The fourth-order valence-electron chi connectivity index (χ4n) is 2.63. The van der Waals surface area contributed by atoms with Crippen molar-refractivity contribution in [2.24, 2.45) is 5.92 Å². The first-order valence-electron chi connectivity index (χ1n) is 6.62. The van der Waals surface area contributed by atoms with Crippen LogP contribution in [0.5, 0.6) is 0 Å². The molecule has 90 valence electrons. The van der Waals surface area contributed by atoms with Gasteiger partial charge in [0.2, 0.25) is 0 Å². The van der Waals surface area contributed by atoms with Gasteiger partial charge < -0.3 is 10.2 Å². The summed E-state index contributed by atoms with van der Waals surface area (Å²) in [5.74, 6) is 0.957. The number of unbranched alkanes of at least 4 members (excludes halogenated alkanes) is 1. The standard InChI is InChI=1S/C13H28N2/c1-4-12-8-7-9-13(12)14-10-5-6-11-15(2)3/h12-14H,4-11H2,1-3H3. The summed E-state index contributed by atoms with van der Waals surface area (Å²) in [5, 5.41) is 3.74. The van der Waals surface area contributed by atoms with Crippen LogP contribution in [0.3, 0.4) is 0 Å². The Morgan fingerprint density at radius 3 is 2.67 bits per heavy atom. The molecule has 0 bridgehead atoms. The Morgan fingerprint density at radius 2 is 2.00 bits per heavy atom. The highest BCUT2D eigenvalue weighted by molar-refractivity contribution is 4.81. The van der Waals surface area contributed by atoms with Crippen molar-refractivity contribution in [3.63, 3.8) is 0 Å². The molecule has 1 aliphatic rings. The first-order valence-corrected chi connectivity index (χ1v) is 6.62. The van der Waals surface area contributed by atoms with Crippen LogP contribution in [0.4, 0.5) is 0 Å². The Kier molecular flexibility index (Phi) is 6.26. The van der Waals surface area contributed by atoms with E-state index in [9.17, 15) is 0 Å². The normalized spacial score (nSPS) is 26.4. The second kappa shape index (κ2) is 7.24. The zero-order valence-corrected chi connectivity index (χ0v) is 10.8. The van der Waals surface area contributed by atoms with Crippen LogP contribution in [0.25, 0.3) is 0 Å². The van der Waals surface area contributed by atoms with Crippen molar-refractivity contribution in [2.75, 3.05) is 27.2 Å². The summed E-state index contributed by atoms with van der Waals surface area (Å²) in [5.41, 5.74) is 0. The van der Waals surface area contributed by atoms with Gasteiger partial charge in [-0.1, -0.05) is 19.8 Å². The third kappa shape index (κ3) is 4.98. The lowest BCUT2D eigenvalue weighted by atomic mass is 10.0. The molecule has 0 aliphatic heterocycles. The topological polar surface area (TPSA) is 15.3 Å². The van der Waals surface area contributed by atoms with Crippen LogP contribution in [0.2, 0.25) is 0 Å². The summed E-state index contributed by atoms with van der Waals surface area (Å²) in [6.45, 7) is 4.77. The predicted octanol–water partition coefficient (Wildman–Crippen LogP) is 2.50. The Bertz CT molecular complexity index is 157. The monoisotopic (exact) mass is 212 g/mol. The van der Waals surface area contributed by atoms with E-state index in [4.69, 9.17) is 0 Å². The number of nitrogens with one attached hydrogen (secondary N) is 1. The van der Waals surface area contributed by atoms with Crippen LogP contribution in [0, 0.1) is 5.92 Å². The molecule has 2 heteroatoms. The van der Waals surface area contributed by atoms with Crippen LogP contribution in [-0.4, -0.2) is 38.1 Å². The van der Waals surface area contributed by atoms with Crippen LogP contribution in [0.1, 0.15) is 45.4 Å². The zero-order chi connectivity index (χ0) is 11.1. The molecule has 1 rings (SSSR count). The number of hydrogen-bond acceptors (Lipinski definition) is 2. The van der Waals surface area contributed by atoms with Crippen LogP contribution in [0.15, 0.2) is 0 Å². The quantitative estimate of drug-likeness (QED) is 0.652. The molecule has 2 nitrogen and oxygen atoms in total. The molecule has 0 heterocycles. The average Bonchev–Trinajstić information content (AvgIpc) is 2.64. The second-order valence-electron chi connectivity index (χ2n) is 5.17. The Hall–Kier alpha value is -0.0800. The van der Waals surface area contributed by atoms with Gasteiger partial charge in [-0.05, 0) is 58.8 Å². The molecular formula is C13H28N2. The number of hydrogen-bond donors (Lipinski definition) is 1. The molecule has 0 aromatic heterocycles. The maximum atomic E-state index is 3.74. The van der Waals surface area contributed by atoms with Crippen LogP contribution in [-0.2, 0) is 0 Å². The van der Waals surface area contributed by atoms with Gasteiger partial charge in [-0.3, -0.25) is 0 Å². The van der Waals surface area contributed by atoms with E-state index in [1.807, 2.05) is 0 Å². The third-order valence-electron chi connectivity index (χ3n) is 3.62. The molecule has 1 fully saturated rings. The molecule has 1 saturated carbocycles. The minimum absolute atomic E-state index is 0.828. The molecule has 2 unspecified atom stereocenters. The van der Waals surface area contributed by atoms with Crippen molar-refractivity contribution < 1.29 is 0 Å². The molecule has 0 spiro atoms. The first kappa shape index (κ1) is 13.0. The van der Waals surface area contributed by atoms with Crippen molar-refractivity contribution in [2.45, 2.75) is 51.5 Å². The minimum Gasteiger partial charge on any atom is -0.314 e. The highest BCUT2D eigenvalue weighted by atomic mass is 15.0. The lowest BCUT2D eigenvalue weighted by Gasteiger charge is -2.19. The van der Waals surface area contributed by atoms with Gasteiger partial charge in [0.15, 0.2) is 0 Å². The fraction of sp³-hybridized carbons (Fsp3) is 1.00. The van der Waals surface area contributed by atoms with E-state index in [0.29, 0.717) is 0 Å². The van der Waals surface area contributed by atoms with Gasteiger partial charge in [-0.25, -0.2) is 0 Å². The van der Waals surface area contributed by atoms with E-state index >= 15 is 0 Å². The largest absolute Gasteiger partial charge is 0.314 e. The van der Waals surface area contributed by atoms with Crippen molar-refractivity contribution in [3.05, 3.63) is 0 Å². The van der Waals surface area contributed by atoms with Crippen LogP contribution < -0.4 is 5.32 Å². The van der Waals surface area contributed by atoms with Crippen molar-refractivity contribution in [1.82, 2.24) is 10.2 Å². The maximum absolute atomic E-state index is 3.74. The van der Waals surface area contributed by atoms with E-state index < -0.39 is 0 Å². The van der Waals surface area contributed by atoms with Crippen LogP contribution >= 0.6 is 0 Å². The van der Waals surface area contributed by atoms with E-state index in [1.54, 1.807) is 0 Å². The lowest BCUT2D eigenvalue weighted by Crippen LogP contribution is -2.33. The highest BCUT2D eigenvalue weighted by Gasteiger charge is 2.24. The van der Waals surface area contributed by atoms with Gasteiger partial charge in [0, 0.05) is 6.04 Å². The highest BCUT2D eigenvalue weighted by Crippen LogP contribution is 2.27. The van der Waals surface area contributed by atoms with Gasteiger partial charge >= 0.3 is 0 Å². The predicted molar refractivity (Wildman–Crippen MR) is 67.2 cm³/mol. The summed E-state index contributed by atoms with van der Waals surface area (Å²) in [6, 6.07) is 0.828. The minimum atomic E-state index is 0.828. The Balaban J connectivity index is 1.99. The molecule has 0 aromatic carbocycles. The van der Waals surface area contributed by atoms with E-state index in [1.165, 1.54) is 51.6 Å². The first-order chi connectivity index (χ1) is 7.24. The zero-order valence-electron chi connectivity index (χ0n) is 10.8. The summed E-state index contributed by atoms with van der Waals surface area (Å²) in [4.78, 5) is 2.27. The van der Waals surface area contributed by atoms with E-state index in [0.717, 1.165) is 12.0 Å². The average molecular weight is 212 g/mol. The molecule has 1 aliphatic carbocycles. The second-order valence-corrected chi connectivity index (χ2v) is 5.17. The Morgan fingerprint density at radius 1 is 1.20 bits per heavy atom. The molecule has 1 N–H and O–H groups in total.